The summed E-state index contributed by atoms with van der Waals surface area (Å²) >= 11 is 1.49. The maximum absolute atomic E-state index is 13.3. The molecule has 2 aliphatic heterocycles. The molecular formula is C20H20N2O3S. The third-order valence-electron chi connectivity index (χ3n) is 4.81. The third kappa shape index (κ3) is 2.80. The molecule has 0 saturated carbocycles. The van der Waals surface area contributed by atoms with Gasteiger partial charge in [-0.25, -0.2) is 4.90 Å². The van der Waals surface area contributed by atoms with E-state index in [1.165, 1.54) is 22.7 Å². The average molecular weight is 368 g/mol. The van der Waals surface area contributed by atoms with E-state index in [0.717, 1.165) is 30.8 Å². The predicted octanol–water partition coefficient (Wildman–Crippen LogP) is 3.53. The SMILES string of the molecule is COc1cccc(N2C(=O)C(c3cccs3)=C(N3CCCCC3)C2=O)c1. The van der Waals surface area contributed by atoms with Crippen LogP contribution in [0.1, 0.15) is 24.1 Å². The largest absolute Gasteiger partial charge is 0.497 e. The molecule has 0 bridgehead atoms. The second-order valence-corrected chi connectivity index (χ2v) is 7.34. The molecule has 1 aromatic heterocycles. The first-order valence-corrected chi connectivity index (χ1v) is 9.64. The van der Waals surface area contributed by atoms with E-state index in [4.69, 9.17) is 4.74 Å². The Bertz CT molecular complexity index is 867. The van der Waals surface area contributed by atoms with Crippen LogP contribution in [0.25, 0.3) is 5.57 Å². The van der Waals surface area contributed by atoms with Crippen molar-refractivity contribution in [3.05, 3.63) is 52.4 Å². The quantitative estimate of drug-likeness (QED) is 0.775. The highest BCUT2D eigenvalue weighted by molar-refractivity contribution is 7.11. The number of nitrogens with zero attached hydrogens (tertiary/aromatic N) is 2. The van der Waals surface area contributed by atoms with Gasteiger partial charge in [-0.05, 0) is 42.8 Å². The standard InChI is InChI=1S/C20H20N2O3S/c1-25-15-8-5-7-14(13-15)22-19(23)17(16-9-6-12-26-16)18(20(22)24)21-10-3-2-4-11-21/h5-9,12-13H,2-4,10-11H2,1H3. The first-order chi connectivity index (χ1) is 12.7. The highest BCUT2D eigenvalue weighted by Gasteiger charge is 2.43. The first-order valence-electron chi connectivity index (χ1n) is 8.76. The minimum Gasteiger partial charge on any atom is -0.497 e. The fraction of sp³-hybridized carbons (Fsp3) is 0.300. The zero-order chi connectivity index (χ0) is 18.1. The number of amides is 2. The Labute approximate surface area is 156 Å². The molecule has 2 aliphatic rings. The lowest BCUT2D eigenvalue weighted by atomic mass is 10.1. The van der Waals surface area contributed by atoms with E-state index in [9.17, 15) is 9.59 Å². The number of benzene rings is 1. The number of carbonyl (C=O) groups is 2. The molecule has 134 valence electrons. The van der Waals surface area contributed by atoms with Gasteiger partial charge in [-0.15, -0.1) is 11.3 Å². The van der Waals surface area contributed by atoms with Crippen LogP contribution in [0.15, 0.2) is 47.5 Å². The van der Waals surface area contributed by atoms with E-state index < -0.39 is 0 Å². The Balaban J connectivity index is 1.79. The van der Waals surface area contributed by atoms with Gasteiger partial charge >= 0.3 is 0 Å². The van der Waals surface area contributed by atoms with Gasteiger partial charge in [-0.2, -0.15) is 0 Å². The second kappa shape index (κ2) is 6.96. The number of imide groups is 1. The van der Waals surface area contributed by atoms with Crippen LogP contribution in [-0.2, 0) is 9.59 Å². The molecule has 5 nitrogen and oxygen atoms in total. The Morgan fingerprint density at radius 1 is 1.00 bits per heavy atom. The van der Waals surface area contributed by atoms with Crippen molar-refractivity contribution in [1.82, 2.24) is 4.90 Å². The van der Waals surface area contributed by atoms with Gasteiger partial charge in [-0.1, -0.05) is 12.1 Å². The van der Waals surface area contributed by atoms with Crippen molar-refractivity contribution in [3.63, 3.8) is 0 Å². The predicted molar refractivity (Wildman–Crippen MR) is 102 cm³/mol. The summed E-state index contributed by atoms with van der Waals surface area (Å²) in [6.07, 6.45) is 3.25. The molecule has 3 heterocycles. The van der Waals surface area contributed by atoms with Crippen LogP contribution in [0, 0.1) is 0 Å². The van der Waals surface area contributed by atoms with Crippen LogP contribution < -0.4 is 9.64 Å². The molecule has 0 aliphatic carbocycles. The number of ether oxygens (including phenoxy) is 1. The summed E-state index contributed by atoms with van der Waals surface area (Å²) in [6, 6.07) is 10.9. The summed E-state index contributed by atoms with van der Waals surface area (Å²) in [7, 11) is 1.57. The molecule has 1 aromatic carbocycles. The smallest absolute Gasteiger partial charge is 0.282 e. The van der Waals surface area contributed by atoms with Gasteiger partial charge in [0, 0.05) is 24.0 Å². The van der Waals surface area contributed by atoms with Crippen LogP contribution in [0.5, 0.6) is 5.75 Å². The molecule has 2 aromatic rings. The highest BCUT2D eigenvalue weighted by atomic mass is 32.1. The normalized spacial score (nSPS) is 18.0. The van der Waals surface area contributed by atoms with Crippen molar-refractivity contribution in [3.8, 4) is 5.75 Å². The van der Waals surface area contributed by atoms with Gasteiger partial charge in [0.25, 0.3) is 11.8 Å². The summed E-state index contributed by atoms with van der Waals surface area (Å²) in [4.78, 5) is 30.7. The molecule has 1 fully saturated rings. The third-order valence-corrected chi connectivity index (χ3v) is 5.70. The zero-order valence-electron chi connectivity index (χ0n) is 14.6. The van der Waals surface area contributed by atoms with Crippen molar-refractivity contribution in [2.24, 2.45) is 0 Å². The second-order valence-electron chi connectivity index (χ2n) is 6.40. The molecule has 6 heteroatoms. The maximum Gasteiger partial charge on any atom is 0.282 e. The summed E-state index contributed by atoms with van der Waals surface area (Å²) in [5.74, 6) is 0.118. The monoisotopic (exact) mass is 368 g/mol. The summed E-state index contributed by atoms with van der Waals surface area (Å²) in [5.41, 5.74) is 1.61. The Morgan fingerprint density at radius 3 is 2.50 bits per heavy atom. The number of thiophene rings is 1. The Hall–Kier alpha value is -2.60. The Morgan fingerprint density at radius 2 is 1.81 bits per heavy atom. The van der Waals surface area contributed by atoms with Crippen LogP contribution in [0.2, 0.25) is 0 Å². The van der Waals surface area contributed by atoms with Crippen molar-refractivity contribution in [1.29, 1.82) is 0 Å². The molecule has 0 N–H and O–H groups in total. The lowest BCUT2D eigenvalue weighted by Crippen LogP contribution is -2.37. The Kier molecular flexibility index (Phi) is 4.51. The molecule has 26 heavy (non-hydrogen) atoms. The number of hydrogen-bond donors (Lipinski definition) is 0. The van der Waals surface area contributed by atoms with Gasteiger partial charge < -0.3 is 9.64 Å². The summed E-state index contributed by atoms with van der Waals surface area (Å²) < 4.78 is 5.26. The van der Waals surface area contributed by atoms with Gasteiger partial charge in [0.2, 0.25) is 0 Å². The van der Waals surface area contributed by atoms with Crippen LogP contribution in [0.4, 0.5) is 5.69 Å². The molecular weight excluding hydrogens is 348 g/mol. The molecule has 4 rings (SSSR count). The average Bonchev–Trinajstić information content (AvgIpc) is 3.28. The van der Waals surface area contributed by atoms with Crippen molar-refractivity contribution < 1.29 is 14.3 Å². The fourth-order valence-corrected chi connectivity index (χ4v) is 4.32. The topological polar surface area (TPSA) is 49.9 Å². The van der Waals surface area contributed by atoms with Crippen molar-refractivity contribution >= 4 is 34.4 Å². The van der Waals surface area contributed by atoms with Gasteiger partial charge in [0.1, 0.15) is 11.4 Å². The number of piperidine rings is 1. The molecule has 0 spiro atoms. The number of rotatable bonds is 4. The summed E-state index contributed by atoms with van der Waals surface area (Å²) in [5, 5.41) is 1.93. The summed E-state index contributed by atoms with van der Waals surface area (Å²) in [6.45, 7) is 1.63. The van der Waals surface area contributed by atoms with E-state index in [1.54, 1.807) is 31.4 Å². The van der Waals surface area contributed by atoms with Gasteiger partial charge in [-0.3, -0.25) is 9.59 Å². The van der Waals surface area contributed by atoms with E-state index in [2.05, 4.69) is 4.90 Å². The number of hydrogen-bond acceptors (Lipinski definition) is 5. The number of methoxy groups -OCH3 is 1. The number of carbonyl (C=O) groups excluding carboxylic acids is 2. The van der Waals surface area contributed by atoms with Crippen LogP contribution in [-0.4, -0.2) is 36.9 Å². The first kappa shape index (κ1) is 16.8. The molecule has 0 atom stereocenters. The lowest BCUT2D eigenvalue weighted by Gasteiger charge is -2.29. The van der Waals surface area contributed by atoms with Gasteiger partial charge in [0.05, 0.1) is 18.4 Å². The maximum atomic E-state index is 13.3. The zero-order valence-corrected chi connectivity index (χ0v) is 15.4. The van der Waals surface area contributed by atoms with E-state index in [1.807, 2.05) is 17.5 Å². The minimum absolute atomic E-state index is 0.242. The van der Waals surface area contributed by atoms with Crippen LogP contribution >= 0.6 is 11.3 Å². The highest BCUT2D eigenvalue weighted by Crippen LogP contribution is 2.38. The van der Waals surface area contributed by atoms with Gasteiger partial charge in [0.15, 0.2) is 0 Å². The molecule has 0 unspecified atom stereocenters. The van der Waals surface area contributed by atoms with Crippen molar-refractivity contribution in [2.45, 2.75) is 19.3 Å². The van der Waals surface area contributed by atoms with E-state index in [0.29, 0.717) is 22.7 Å². The van der Waals surface area contributed by atoms with Crippen molar-refractivity contribution in [2.75, 3.05) is 25.1 Å². The lowest BCUT2D eigenvalue weighted by molar-refractivity contribution is -0.120. The molecule has 0 radical (unpaired) electrons. The van der Waals surface area contributed by atoms with Crippen LogP contribution in [0.3, 0.4) is 0 Å². The number of anilines is 1. The van der Waals surface area contributed by atoms with E-state index in [-0.39, 0.29) is 11.8 Å². The number of likely N-dealkylation sites (tertiary alicyclic amines) is 1. The van der Waals surface area contributed by atoms with E-state index >= 15 is 0 Å². The minimum atomic E-state index is -0.258. The molecule has 1 saturated heterocycles. The fourth-order valence-electron chi connectivity index (χ4n) is 3.56. The molecule has 2 amide bonds.